The predicted molar refractivity (Wildman–Crippen MR) is 94.6 cm³/mol. The van der Waals surface area contributed by atoms with E-state index in [1.165, 1.54) is 11.3 Å². The number of carbonyl (C=O) groups is 1. The maximum Gasteiger partial charge on any atom is 0.363 e. The molecule has 24 heavy (non-hydrogen) atoms. The molecule has 7 heteroatoms. The first-order valence-corrected chi connectivity index (χ1v) is 8.49. The number of ether oxygens (including phenoxy) is 1. The van der Waals surface area contributed by atoms with Crippen molar-refractivity contribution in [2.24, 2.45) is 4.99 Å². The molecule has 1 aromatic carbocycles. The number of esters is 1. The molecule has 2 aromatic heterocycles. The summed E-state index contributed by atoms with van der Waals surface area (Å²) < 4.78 is 7.14. The van der Waals surface area contributed by atoms with Crippen LogP contribution in [0.25, 0.3) is 11.0 Å². The highest BCUT2D eigenvalue weighted by molar-refractivity contribution is 7.15. The zero-order valence-corrected chi connectivity index (χ0v) is 14.5. The minimum atomic E-state index is -0.495. The molecule has 4 rings (SSSR count). The number of aliphatic imine (C=N–C) groups is 1. The molecule has 3 heterocycles. The number of hydrogen-bond acceptors (Lipinski definition) is 5. The van der Waals surface area contributed by atoms with E-state index in [4.69, 9.17) is 16.3 Å². The minimum absolute atomic E-state index is 0.207. The second-order valence-electron chi connectivity index (χ2n) is 5.56. The predicted octanol–water partition coefficient (Wildman–Crippen LogP) is 4.01. The first kappa shape index (κ1) is 15.1. The SMILES string of the molecule is Cc1cc(C)cc(C2=N/C(=C\c3c(Cl)nc4sccn34)C(=O)O2)c1. The van der Waals surface area contributed by atoms with E-state index >= 15 is 0 Å². The van der Waals surface area contributed by atoms with Crippen LogP contribution in [-0.4, -0.2) is 21.3 Å². The summed E-state index contributed by atoms with van der Waals surface area (Å²) in [7, 11) is 0. The van der Waals surface area contributed by atoms with Crippen molar-refractivity contribution in [2.75, 3.05) is 0 Å². The number of cyclic esters (lactones) is 1. The summed E-state index contributed by atoms with van der Waals surface area (Å²) in [6, 6.07) is 5.92. The number of halogens is 1. The summed E-state index contributed by atoms with van der Waals surface area (Å²) in [6.07, 6.45) is 3.45. The fourth-order valence-corrected chi connectivity index (χ4v) is 3.66. The molecule has 5 nitrogen and oxygen atoms in total. The molecule has 1 aliphatic rings. The lowest BCUT2D eigenvalue weighted by atomic mass is 10.1. The van der Waals surface area contributed by atoms with E-state index in [-0.39, 0.29) is 5.70 Å². The topological polar surface area (TPSA) is 56.0 Å². The fourth-order valence-electron chi connectivity index (χ4n) is 2.67. The summed E-state index contributed by atoms with van der Waals surface area (Å²) in [5.74, 6) is -0.189. The third kappa shape index (κ3) is 2.53. The molecule has 0 unspecified atom stereocenters. The normalized spacial score (nSPS) is 16.0. The van der Waals surface area contributed by atoms with E-state index in [1.807, 2.05) is 42.0 Å². The Morgan fingerprint density at radius 3 is 2.75 bits per heavy atom. The van der Waals surface area contributed by atoms with E-state index in [9.17, 15) is 4.79 Å². The van der Waals surface area contributed by atoms with Crippen molar-refractivity contribution in [2.45, 2.75) is 13.8 Å². The lowest BCUT2D eigenvalue weighted by molar-refractivity contribution is -0.129. The molecule has 0 saturated carbocycles. The molecule has 1 aliphatic heterocycles. The molecule has 120 valence electrons. The maximum absolute atomic E-state index is 12.2. The smallest absolute Gasteiger partial charge is 0.363 e. The number of carbonyl (C=O) groups excluding carboxylic acids is 1. The standard InChI is InChI=1S/C17H12ClN3O2S/c1-9-5-10(2)7-11(6-9)15-19-12(16(22)23-15)8-13-14(18)20-17-21(13)3-4-24-17/h3-8H,1-2H3/b12-8-. The Morgan fingerprint density at radius 2 is 2.00 bits per heavy atom. The monoisotopic (exact) mass is 357 g/mol. The number of aryl methyl sites for hydroxylation is 2. The molecule has 0 aliphatic carbocycles. The van der Waals surface area contributed by atoms with Crippen LogP contribution >= 0.6 is 22.9 Å². The van der Waals surface area contributed by atoms with Crippen molar-refractivity contribution in [1.29, 1.82) is 0 Å². The van der Waals surface area contributed by atoms with Crippen molar-refractivity contribution in [3.8, 4) is 0 Å². The molecular weight excluding hydrogens is 346 g/mol. The van der Waals surface area contributed by atoms with Crippen LogP contribution in [0.2, 0.25) is 5.15 Å². The minimum Gasteiger partial charge on any atom is -0.402 e. The number of hydrogen-bond donors (Lipinski definition) is 0. The summed E-state index contributed by atoms with van der Waals surface area (Å²) in [4.78, 5) is 21.5. The van der Waals surface area contributed by atoms with Crippen molar-refractivity contribution >= 4 is 45.8 Å². The molecule has 3 aromatic rings. The largest absolute Gasteiger partial charge is 0.402 e. The second-order valence-corrected chi connectivity index (χ2v) is 6.79. The number of nitrogens with zero attached hydrogens (tertiary/aromatic N) is 3. The molecule has 0 spiro atoms. The van der Waals surface area contributed by atoms with Crippen molar-refractivity contribution in [3.63, 3.8) is 0 Å². The number of thiazole rings is 1. The average molecular weight is 358 g/mol. The van der Waals surface area contributed by atoms with Crippen molar-refractivity contribution in [3.05, 3.63) is 63.0 Å². The Balaban J connectivity index is 1.78. The van der Waals surface area contributed by atoms with Gasteiger partial charge in [-0.3, -0.25) is 4.40 Å². The number of benzene rings is 1. The number of aromatic nitrogens is 2. The zero-order chi connectivity index (χ0) is 16.8. The molecule has 0 bridgehead atoms. The van der Waals surface area contributed by atoms with Crippen LogP contribution in [0.5, 0.6) is 0 Å². The van der Waals surface area contributed by atoms with Gasteiger partial charge >= 0.3 is 5.97 Å². The summed E-state index contributed by atoms with van der Waals surface area (Å²) in [5, 5.41) is 2.23. The first-order chi connectivity index (χ1) is 11.5. The fraction of sp³-hybridized carbons (Fsp3) is 0.118. The van der Waals surface area contributed by atoms with Gasteiger partial charge in [0.25, 0.3) is 0 Å². The molecule has 0 radical (unpaired) electrons. The number of fused-ring (bicyclic) bond motifs is 1. The number of rotatable bonds is 2. The van der Waals surface area contributed by atoms with Gasteiger partial charge in [0.1, 0.15) is 0 Å². The van der Waals surface area contributed by atoms with Crippen molar-refractivity contribution < 1.29 is 9.53 Å². The Hall–Kier alpha value is -2.44. The molecule has 0 fully saturated rings. The van der Waals surface area contributed by atoms with Crippen LogP contribution in [0.3, 0.4) is 0 Å². The maximum atomic E-state index is 12.2. The molecule has 0 saturated heterocycles. The quantitative estimate of drug-likeness (QED) is 0.514. The van der Waals surface area contributed by atoms with Gasteiger partial charge in [0.2, 0.25) is 5.90 Å². The van der Waals surface area contributed by atoms with Crippen LogP contribution in [-0.2, 0) is 9.53 Å². The van der Waals surface area contributed by atoms with Crippen LogP contribution < -0.4 is 0 Å². The third-order valence-electron chi connectivity index (χ3n) is 3.62. The van der Waals surface area contributed by atoms with Crippen LogP contribution in [0.4, 0.5) is 0 Å². The molecule has 0 atom stereocenters. The second kappa shape index (κ2) is 5.58. The third-order valence-corrected chi connectivity index (χ3v) is 4.65. The van der Waals surface area contributed by atoms with Gasteiger partial charge in [-0.2, -0.15) is 0 Å². The van der Waals surface area contributed by atoms with E-state index in [0.717, 1.165) is 21.7 Å². The highest BCUT2D eigenvalue weighted by Crippen LogP contribution is 2.26. The van der Waals surface area contributed by atoms with Gasteiger partial charge in [-0.1, -0.05) is 28.8 Å². The Labute approximate surface area is 146 Å². The van der Waals surface area contributed by atoms with Gasteiger partial charge in [-0.25, -0.2) is 14.8 Å². The van der Waals surface area contributed by atoms with E-state index in [1.54, 1.807) is 6.08 Å². The van der Waals surface area contributed by atoms with Gasteiger partial charge in [0.05, 0.1) is 5.69 Å². The highest BCUT2D eigenvalue weighted by atomic mass is 35.5. The highest BCUT2D eigenvalue weighted by Gasteiger charge is 2.25. The van der Waals surface area contributed by atoms with Gasteiger partial charge in [0.15, 0.2) is 15.8 Å². The summed E-state index contributed by atoms with van der Waals surface area (Å²) >= 11 is 7.63. The lowest BCUT2D eigenvalue weighted by Gasteiger charge is -2.03. The van der Waals surface area contributed by atoms with Gasteiger partial charge in [-0.05, 0) is 32.1 Å². The zero-order valence-electron chi connectivity index (χ0n) is 12.9. The molecular formula is C17H12ClN3O2S. The summed E-state index contributed by atoms with van der Waals surface area (Å²) in [6.45, 7) is 3.98. The van der Waals surface area contributed by atoms with E-state index in [2.05, 4.69) is 16.0 Å². The van der Waals surface area contributed by atoms with Gasteiger partial charge in [0, 0.05) is 17.1 Å². The Morgan fingerprint density at radius 1 is 1.25 bits per heavy atom. The van der Waals surface area contributed by atoms with Gasteiger partial charge in [-0.15, -0.1) is 11.3 Å². The van der Waals surface area contributed by atoms with Crippen molar-refractivity contribution in [1.82, 2.24) is 9.38 Å². The van der Waals surface area contributed by atoms with E-state index in [0.29, 0.717) is 16.7 Å². The molecule has 0 N–H and O–H groups in total. The summed E-state index contributed by atoms with van der Waals surface area (Å²) in [5.41, 5.74) is 3.77. The lowest BCUT2D eigenvalue weighted by Crippen LogP contribution is -2.06. The Kier molecular flexibility index (Phi) is 3.51. The van der Waals surface area contributed by atoms with E-state index < -0.39 is 5.97 Å². The van der Waals surface area contributed by atoms with Crippen LogP contribution in [0, 0.1) is 13.8 Å². The first-order valence-electron chi connectivity index (χ1n) is 7.23. The van der Waals surface area contributed by atoms with Crippen LogP contribution in [0.15, 0.2) is 40.5 Å². The number of imidazole rings is 1. The van der Waals surface area contributed by atoms with Gasteiger partial charge < -0.3 is 4.74 Å². The average Bonchev–Trinajstić information content (AvgIpc) is 3.16. The Bertz CT molecular complexity index is 1030. The van der Waals surface area contributed by atoms with Crippen LogP contribution in [0.1, 0.15) is 22.4 Å². The molecule has 0 amide bonds.